The van der Waals surface area contributed by atoms with Gasteiger partial charge in [-0.15, -0.1) is 0 Å². The fourth-order valence-corrected chi connectivity index (χ4v) is 2.65. The lowest BCUT2D eigenvalue weighted by Crippen LogP contribution is -2.47. The predicted molar refractivity (Wildman–Crippen MR) is 61.7 cm³/mol. The molecule has 0 aromatic rings. The summed E-state index contributed by atoms with van der Waals surface area (Å²) in [6.07, 6.45) is 0.0971. The molecule has 3 unspecified atom stereocenters. The Balaban J connectivity index is 1.94. The normalized spacial score (nSPS) is 48.4. The van der Waals surface area contributed by atoms with Crippen LogP contribution in [0.15, 0.2) is 0 Å². The van der Waals surface area contributed by atoms with E-state index in [2.05, 4.69) is 11.3 Å². The monoisotopic (exact) mass is 270 g/mol. The largest absolute Gasteiger partial charge is 0.387 e. The lowest BCUT2D eigenvalue weighted by molar-refractivity contribution is -0.256. The zero-order valence-electron chi connectivity index (χ0n) is 9.76. The number of hydrogen-bond acceptors (Lipinski definition) is 5. The first kappa shape index (κ1) is 12.7. The van der Waals surface area contributed by atoms with Gasteiger partial charge in [-0.1, -0.05) is 0 Å². The van der Waals surface area contributed by atoms with Crippen molar-refractivity contribution < 1.29 is 24.1 Å². The number of halogens is 1. The van der Waals surface area contributed by atoms with Crippen molar-refractivity contribution in [3.05, 3.63) is 0 Å². The van der Waals surface area contributed by atoms with Crippen LogP contribution >= 0.6 is 11.6 Å². The molecule has 5 nitrogen and oxygen atoms in total. The van der Waals surface area contributed by atoms with Gasteiger partial charge in [-0.05, 0) is 30.4 Å². The van der Waals surface area contributed by atoms with E-state index in [0.29, 0.717) is 12.8 Å². The highest BCUT2D eigenvalue weighted by Crippen LogP contribution is 2.51. The molecule has 3 fully saturated rings. The molecule has 0 spiro atoms. The van der Waals surface area contributed by atoms with Gasteiger partial charge in [0.15, 0.2) is 5.60 Å². The third kappa shape index (κ3) is 1.63. The lowest BCUT2D eigenvalue weighted by Gasteiger charge is -2.23. The standard InChI is InChI=1S/C11H12BClO5/c1-15-9-17-7-6(10(14)2-3-10)16-8(12)11(7,18-9)4-5-13/h6-9,14H,2-3H2,1H3/t6-,7?,8+,9?,11?/m0/s1. The quantitative estimate of drug-likeness (QED) is 0.551. The van der Waals surface area contributed by atoms with Gasteiger partial charge in [0, 0.05) is 12.5 Å². The number of hydrogen-bond donors (Lipinski definition) is 1. The maximum Gasteiger partial charge on any atom is 0.273 e. The van der Waals surface area contributed by atoms with E-state index in [1.165, 1.54) is 7.11 Å². The summed E-state index contributed by atoms with van der Waals surface area (Å²) in [4.78, 5) is 0. The zero-order chi connectivity index (χ0) is 13.0. The van der Waals surface area contributed by atoms with Crippen molar-refractivity contribution in [2.45, 2.75) is 48.7 Å². The molecular weight excluding hydrogens is 258 g/mol. The minimum absolute atomic E-state index is 0.579. The summed E-state index contributed by atoms with van der Waals surface area (Å²) in [7, 11) is 7.36. The van der Waals surface area contributed by atoms with Crippen LogP contribution in [0.1, 0.15) is 12.8 Å². The fraction of sp³-hybridized carbons (Fsp3) is 0.818. The summed E-state index contributed by atoms with van der Waals surface area (Å²) in [5.74, 6) is 2.69. The van der Waals surface area contributed by atoms with E-state index in [1.807, 2.05) is 0 Å². The van der Waals surface area contributed by atoms with Crippen molar-refractivity contribution in [3.63, 3.8) is 0 Å². The lowest BCUT2D eigenvalue weighted by atomic mass is 9.80. The molecule has 0 amide bonds. The molecule has 2 radical (unpaired) electrons. The maximum atomic E-state index is 10.2. The van der Waals surface area contributed by atoms with Gasteiger partial charge in [0.05, 0.1) is 11.6 Å². The van der Waals surface area contributed by atoms with Crippen molar-refractivity contribution in [1.29, 1.82) is 0 Å². The minimum atomic E-state index is -1.19. The van der Waals surface area contributed by atoms with Crippen LogP contribution in [0.3, 0.4) is 0 Å². The van der Waals surface area contributed by atoms with Crippen molar-refractivity contribution in [2.24, 2.45) is 0 Å². The fourth-order valence-electron chi connectivity index (χ4n) is 2.50. The second-order valence-corrected chi connectivity index (χ2v) is 4.98. The topological polar surface area (TPSA) is 57.2 Å². The molecule has 0 bridgehead atoms. The molecule has 5 atom stereocenters. The van der Waals surface area contributed by atoms with Crippen molar-refractivity contribution >= 4 is 19.4 Å². The molecule has 2 aliphatic heterocycles. The first-order chi connectivity index (χ1) is 8.55. The molecule has 3 rings (SSSR count). The molecule has 7 heteroatoms. The summed E-state index contributed by atoms with van der Waals surface area (Å²) in [6, 6.07) is -0.844. The highest BCUT2D eigenvalue weighted by Gasteiger charge is 2.68. The minimum Gasteiger partial charge on any atom is -0.387 e. The molecule has 18 heavy (non-hydrogen) atoms. The Morgan fingerprint density at radius 2 is 2.11 bits per heavy atom. The third-order valence-corrected chi connectivity index (χ3v) is 3.78. The zero-order valence-corrected chi connectivity index (χ0v) is 10.5. The van der Waals surface area contributed by atoms with E-state index in [4.69, 9.17) is 38.4 Å². The van der Waals surface area contributed by atoms with Crippen LogP contribution in [0.2, 0.25) is 0 Å². The number of fused-ring (bicyclic) bond motifs is 1. The number of ether oxygens (including phenoxy) is 4. The first-order valence-corrected chi connectivity index (χ1v) is 6.06. The summed E-state index contributed by atoms with van der Waals surface area (Å²) >= 11 is 5.47. The second-order valence-electron chi connectivity index (χ2n) is 4.79. The van der Waals surface area contributed by atoms with E-state index < -0.39 is 35.9 Å². The van der Waals surface area contributed by atoms with Crippen molar-refractivity contribution in [2.75, 3.05) is 7.11 Å². The van der Waals surface area contributed by atoms with Crippen LogP contribution in [0.25, 0.3) is 0 Å². The summed E-state index contributed by atoms with van der Waals surface area (Å²) in [5.41, 5.74) is -2.10. The van der Waals surface area contributed by atoms with Crippen molar-refractivity contribution in [1.82, 2.24) is 0 Å². The number of rotatable bonds is 2. The molecular formula is C11H12BClO5. The Labute approximate surface area is 111 Å². The Morgan fingerprint density at radius 1 is 1.39 bits per heavy atom. The van der Waals surface area contributed by atoms with Gasteiger partial charge >= 0.3 is 0 Å². The summed E-state index contributed by atoms with van der Waals surface area (Å²) < 4.78 is 21.7. The number of aliphatic hydroxyl groups is 1. The highest BCUT2D eigenvalue weighted by atomic mass is 35.5. The molecule has 96 valence electrons. The molecule has 0 aromatic carbocycles. The highest BCUT2D eigenvalue weighted by molar-refractivity contribution is 6.30. The summed E-state index contributed by atoms with van der Waals surface area (Å²) in [6.45, 7) is -0.882. The molecule has 2 saturated heterocycles. The Kier molecular flexibility index (Phi) is 2.90. The molecule has 1 N–H and O–H groups in total. The summed E-state index contributed by atoms with van der Waals surface area (Å²) in [5, 5.41) is 12.5. The molecule has 1 aliphatic carbocycles. The van der Waals surface area contributed by atoms with Crippen LogP contribution in [0.5, 0.6) is 0 Å². The van der Waals surface area contributed by atoms with Gasteiger partial charge < -0.3 is 24.1 Å². The smallest absolute Gasteiger partial charge is 0.273 e. The maximum absolute atomic E-state index is 10.2. The third-order valence-electron chi connectivity index (χ3n) is 3.69. The van der Waals surface area contributed by atoms with Gasteiger partial charge in [0.1, 0.15) is 20.1 Å². The van der Waals surface area contributed by atoms with Gasteiger partial charge in [-0.25, -0.2) is 0 Å². The van der Waals surface area contributed by atoms with Crippen LogP contribution in [0.4, 0.5) is 0 Å². The van der Waals surface area contributed by atoms with Crippen molar-refractivity contribution in [3.8, 4) is 11.3 Å². The van der Waals surface area contributed by atoms with Gasteiger partial charge in [-0.3, -0.25) is 0 Å². The predicted octanol–water partition coefficient (Wildman–Crippen LogP) is -0.311. The Hall–Kier alpha value is -0.285. The van der Waals surface area contributed by atoms with E-state index in [1.54, 1.807) is 0 Å². The van der Waals surface area contributed by atoms with E-state index >= 15 is 0 Å². The Morgan fingerprint density at radius 3 is 2.67 bits per heavy atom. The van der Waals surface area contributed by atoms with Crippen LogP contribution in [-0.4, -0.2) is 56.0 Å². The van der Waals surface area contributed by atoms with Crippen LogP contribution in [0, 0.1) is 11.3 Å². The Bertz CT molecular complexity index is 417. The van der Waals surface area contributed by atoms with E-state index in [0.717, 1.165) is 0 Å². The molecule has 0 aromatic heterocycles. The van der Waals surface area contributed by atoms with E-state index in [-0.39, 0.29) is 0 Å². The second kappa shape index (κ2) is 4.10. The first-order valence-electron chi connectivity index (χ1n) is 5.68. The SMILES string of the molecule is [B][C@@H]1O[C@H](C2(O)CC2)C2OC(OC)OC21C#CCl. The number of methoxy groups -OCH3 is 1. The van der Waals surface area contributed by atoms with Crippen LogP contribution in [-0.2, 0) is 18.9 Å². The van der Waals surface area contributed by atoms with Gasteiger partial charge in [0.2, 0.25) is 0 Å². The van der Waals surface area contributed by atoms with E-state index in [9.17, 15) is 5.11 Å². The van der Waals surface area contributed by atoms with Crippen LogP contribution < -0.4 is 0 Å². The van der Waals surface area contributed by atoms with Gasteiger partial charge in [-0.2, -0.15) is 0 Å². The van der Waals surface area contributed by atoms with Gasteiger partial charge in [0.25, 0.3) is 6.48 Å². The molecule has 1 saturated carbocycles. The average molecular weight is 270 g/mol. The molecule has 3 aliphatic rings. The molecule has 2 heterocycles. The average Bonchev–Trinajstić information content (AvgIpc) is 2.88.